The van der Waals surface area contributed by atoms with Gasteiger partial charge in [-0.3, -0.25) is 0 Å². The second kappa shape index (κ2) is 8.17. The standard InChI is InChI=1S/C19H22N2O3/c1-3-12-24-17-11-7-10-16(13-17)21-18(22)20-14-19(2,23)15-8-5-4-6-9-15/h3-11,13,23H,1,12,14H2,2H3,(H2,20,21,22). The summed E-state index contributed by atoms with van der Waals surface area (Å²) in [5.41, 5.74) is 0.201. The highest BCUT2D eigenvalue weighted by Gasteiger charge is 2.23. The molecule has 0 heterocycles. The van der Waals surface area contributed by atoms with Crippen molar-refractivity contribution in [1.29, 1.82) is 0 Å². The maximum atomic E-state index is 12.0. The first-order valence-electron chi connectivity index (χ1n) is 7.68. The van der Waals surface area contributed by atoms with Crippen LogP contribution in [0.4, 0.5) is 10.5 Å². The predicted molar refractivity (Wildman–Crippen MR) is 95.2 cm³/mol. The average Bonchev–Trinajstić information content (AvgIpc) is 2.59. The zero-order valence-electron chi connectivity index (χ0n) is 13.7. The van der Waals surface area contributed by atoms with E-state index in [1.165, 1.54) is 0 Å². The minimum atomic E-state index is -1.15. The van der Waals surface area contributed by atoms with Crippen LogP contribution in [0.1, 0.15) is 12.5 Å². The Labute approximate surface area is 142 Å². The van der Waals surface area contributed by atoms with Gasteiger partial charge in [-0.25, -0.2) is 4.79 Å². The van der Waals surface area contributed by atoms with Crippen molar-refractivity contribution in [2.45, 2.75) is 12.5 Å². The third-order valence-electron chi connectivity index (χ3n) is 3.45. The molecule has 1 atom stereocenters. The number of aliphatic hydroxyl groups is 1. The number of nitrogens with one attached hydrogen (secondary N) is 2. The maximum absolute atomic E-state index is 12.0. The molecule has 0 radical (unpaired) electrons. The number of carbonyl (C=O) groups is 1. The highest BCUT2D eigenvalue weighted by atomic mass is 16.5. The van der Waals surface area contributed by atoms with Gasteiger partial charge >= 0.3 is 6.03 Å². The predicted octanol–water partition coefficient (Wildman–Crippen LogP) is 3.28. The molecule has 0 aliphatic rings. The Morgan fingerprint density at radius 3 is 2.71 bits per heavy atom. The van der Waals surface area contributed by atoms with E-state index in [-0.39, 0.29) is 6.54 Å². The number of amides is 2. The Balaban J connectivity index is 1.90. The van der Waals surface area contributed by atoms with Gasteiger partial charge < -0.3 is 20.5 Å². The van der Waals surface area contributed by atoms with Crippen LogP contribution in [0.5, 0.6) is 5.75 Å². The summed E-state index contributed by atoms with van der Waals surface area (Å²) in [7, 11) is 0. The molecule has 0 bridgehead atoms. The molecule has 2 rings (SSSR count). The lowest BCUT2D eigenvalue weighted by atomic mass is 9.96. The highest BCUT2D eigenvalue weighted by Crippen LogP contribution is 2.20. The molecule has 5 nitrogen and oxygen atoms in total. The maximum Gasteiger partial charge on any atom is 0.319 e. The summed E-state index contributed by atoms with van der Waals surface area (Å²) >= 11 is 0. The Kier molecular flexibility index (Phi) is 5.98. The molecular formula is C19H22N2O3. The van der Waals surface area contributed by atoms with Gasteiger partial charge in [0, 0.05) is 11.8 Å². The van der Waals surface area contributed by atoms with Crippen LogP contribution in [0.25, 0.3) is 0 Å². The fourth-order valence-electron chi connectivity index (χ4n) is 2.15. The second-order valence-corrected chi connectivity index (χ2v) is 5.58. The lowest BCUT2D eigenvalue weighted by Crippen LogP contribution is -2.40. The van der Waals surface area contributed by atoms with Crippen LogP contribution in [0.15, 0.2) is 67.3 Å². The van der Waals surface area contributed by atoms with E-state index in [1.54, 1.807) is 37.3 Å². The number of anilines is 1. The first kappa shape index (κ1) is 17.6. The highest BCUT2D eigenvalue weighted by molar-refractivity contribution is 5.89. The van der Waals surface area contributed by atoms with Gasteiger partial charge in [0.1, 0.15) is 18.0 Å². The van der Waals surface area contributed by atoms with E-state index in [2.05, 4.69) is 17.2 Å². The zero-order valence-corrected chi connectivity index (χ0v) is 13.7. The molecule has 2 amide bonds. The van der Waals surface area contributed by atoms with Crippen LogP contribution in [0.3, 0.4) is 0 Å². The number of benzene rings is 2. The van der Waals surface area contributed by atoms with Crippen molar-refractivity contribution in [2.24, 2.45) is 0 Å². The van der Waals surface area contributed by atoms with Gasteiger partial charge in [-0.05, 0) is 24.6 Å². The monoisotopic (exact) mass is 326 g/mol. The largest absolute Gasteiger partial charge is 0.489 e. The molecule has 3 N–H and O–H groups in total. The van der Waals surface area contributed by atoms with Gasteiger partial charge in [0.15, 0.2) is 0 Å². The van der Waals surface area contributed by atoms with Gasteiger partial charge in [-0.1, -0.05) is 49.1 Å². The Morgan fingerprint density at radius 2 is 2.00 bits per heavy atom. The van der Waals surface area contributed by atoms with Gasteiger partial charge in [0.2, 0.25) is 0 Å². The Morgan fingerprint density at radius 1 is 1.25 bits per heavy atom. The summed E-state index contributed by atoms with van der Waals surface area (Å²) in [6, 6.07) is 15.9. The van der Waals surface area contributed by atoms with E-state index < -0.39 is 11.6 Å². The third kappa shape index (κ3) is 5.14. The van der Waals surface area contributed by atoms with Crippen molar-refractivity contribution in [2.75, 3.05) is 18.5 Å². The molecule has 0 spiro atoms. The van der Waals surface area contributed by atoms with Crippen LogP contribution in [0.2, 0.25) is 0 Å². The minimum Gasteiger partial charge on any atom is -0.489 e. The molecule has 0 saturated carbocycles. The molecule has 0 aliphatic heterocycles. The summed E-state index contributed by atoms with van der Waals surface area (Å²) in [5.74, 6) is 0.643. The molecule has 0 aliphatic carbocycles. The fourth-order valence-corrected chi connectivity index (χ4v) is 2.15. The van der Waals surface area contributed by atoms with Crippen molar-refractivity contribution in [3.8, 4) is 5.75 Å². The number of ether oxygens (including phenoxy) is 1. The summed E-state index contributed by atoms with van der Waals surface area (Å²) < 4.78 is 5.42. The Hall–Kier alpha value is -2.79. The molecule has 126 valence electrons. The van der Waals surface area contributed by atoms with Crippen LogP contribution < -0.4 is 15.4 Å². The van der Waals surface area contributed by atoms with Gasteiger partial charge in [0.25, 0.3) is 0 Å². The third-order valence-corrected chi connectivity index (χ3v) is 3.45. The second-order valence-electron chi connectivity index (χ2n) is 5.58. The molecule has 0 fully saturated rings. The Bertz CT molecular complexity index is 684. The van der Waals surface area contributed by atoms with Crippen molar-refractivity contribution in [1.82, 2.24) is 5.32 Å². The summed E-state index contributed by atoms with van der Waals surface area (Å²) in [4.78, 5) is 12.0. The zero-order chi connectivity index (χ0) is 17.4. The van der Waals surface area contributed by atoms with Gasteiger partial charge in [-0.15, -0.1) is 0 Å². The van der Waals surface area contributed by atoms with Crippen molar-refractivity contribution >= 4 is 11.7 Å². The van der Waals surface area contributed by atoms with Crippen LogP contribution >= 0.6 is 0 Å². The molecule has 2 aromatic carbocycles. The van der Waals surface area contributed by atoms with Crippen LogP contribution in [-0.4, -0.2) is 24.3 Å². The fraction of sp³-hybridized carbons (Fsp3) is 0.211. The van der Waals surface area contributed by atoms with Crippen LogP contribution in [-0.2, 0) is 5.60 Å². The molecule has 1 unspecified atom stereocenters. The smallest absolute Gasteiger partial charge is 0.319 e. The van der Waals surface area contributed by atoms with E-state index in [0.29, 0.717) is 18.0 Å². The normalized spacial score (nSPS) is 12.8. The van der Waals surface area contributed by atoms with Crippen LogP contribution in [0, 0.1) is 0 Å². The first-order chi connectivity index (χ1) is 11.5. The quantitative estimate of drug-likeness (QED) is 0.684. The van der Waals surface area contributed by atoms with E-state index in [4.69, 9.17) is 4.74 Å². The van der Waals surface area contributed by atoms with Crippen molar-refractivity contribution < 1.29 is 14.6 Å². The number of rotatable bonds is 7. The van der Waals surface area contributed by atoms with Crippen molar-refractivity contribution in [3.05, 3.63) is 72.8 Å². The molecule has 0 saturated heterocycles. The van der Waals surface area contributed by atoms with E-state index in [9.17, 15) is 9.90 Å². The lowest BCUT2D eigenvalue weighted by molar-refractivity contribution is 0.0599. The minimum absolute atomic E-state index is 0.0928. The molecule has 2 aromatic rings. The first-order valence-corrected chi connectivity index (χ1v) is 7.68. The lowest BCUT2D eigenvalue weighted by Gasteiger charge is -2.24. The molecule has 24 heavy (non-hydrogen) atoms. The van der Waals surface area contributed by atoms with E-state index in [0.717, 1.165) is 5.56 Å². The molecule has 5 heteroatoms. The summed E-state index contributed by atoms with van der Waals surface area (Å²) in [6.07, 6.45) is 1.65. The van der Waals surface area contributed by atoms with Gasteiger partial charge in [-0.2, -0.15) is 0 Å². The van der Waals surface area contributed by atoms with Crippen molar-refractivity contribution in [3.63, 3.8) is 0 Å². The SMILES string of the molecule is C=CCOc1cccc(NC(=O)NCC(C)(O)c2ccccc2)c1. The average molecular weight is 326 g/mol. The number of carbonyl (C=O) groups excluding carboxylic acids is 1. The summed E-state index contributed by atoms with van der Waals surface area (Å²) in [5, 5.41) is 15.9. The number of hydrogen-bond acceptors (Lipinski definition) is 3. The van der Waals surface area contributed by atoms with E-state index >= 15 is 0 Å². The van der Waals surface area contributed by atoms with Gasteiger partial charge in [0.05, 0.1) is 6.54 Å². The topological polar surface area (TPSA) is 70.6 Å². The van der Waals surface area contributed by atoms with E-state index in [1.807, 2.05) is 30.3 Å². The molecular weight excluding hydrogens is 304 g/mol. The summed E-state index contributed by atoms with van der Waals surface area (Å²) in [6.45, 7) is 5.74. The number of hydrogen-bond donors (Lipinski definition) is 3. The number of urea groups is 1. The molecule has 0 aromatic heterocycles.